The van der Waals surface area contributed by atoms with Crippen LogP contribution in [-0.2, 0) is 16.1 Å². The van der Waals surface area contributed by atoms with E-state index in [9.17, 15) is 14.0 Å². The van der Waals surface area contributed by atoms with E-state index in [0.29, 0.717) is 18.6 Å². The van der Waals surface area contributed by atoms with Crippen LogP contribution in [0.1, 0.15) is 18.9 Å². The Labute approximate surface area is 115 Å². The highest BCUT2D eigenvalue weighted by atomic mass is 19.1. The van der Waals surface area contributed by atoms with Gasteiger partial charge in [0.05, 0.1) is 18.4 Å². The number of carboxylic acid groups (broad SMARTS) is 1. The van der Waals surface area contributed by atoms with Gasteiger partial charge in [0, 0.05) is 6.54 Å². The van der Waals surface area contributed by atoms with Crippen molar-refractivity contribution in [2.45, 2.75) is 19.9 Å². The van der Waals surface area contributed by atoms with Gasteiger partial charge < -0.3 is 15.2 Å². The van der Waals surface area contributed by atoms with E-state index in [1.165, 1.54) is 12.1 Å². The van der Waals surface area contributed by atoms with Crippen LogP contribution in [0.5, 0.6) is 5.75 Å². The molecule has 6 heteroatoms. The van der Waals surface area contributed by atoms with E-state index in [1.807, 2.05) is 0 Å². The average Bonchev–Trinajstić information content (AvgIpc) is 3.19. The highest BCUT2D eigenvalue weighted by Gasteiger charge is 2.48. The van der Waals surface area contributed by atoms with Crippen LogP contribution in [0.3, 0.4) is 0 Å². The standard InChI is InChI=1S/C14H16FNO4/c1-2-20-12-4-3-8(5-11(12)15)7-16-13(17)9-6-10(9)14(18)19/h3-5,9-10H,2,6-7H2,1H3,(H,16,17)(H,18,19). The minimum atomic E-state index is -0.947. The molecule has 0 radical (unpaired) electrons. The molecule has 0 aliphatic heterocycles. The van der Waals surface area contributed by atoms with Gasteiger partial charge in [0.25, 0.3) is 0 Å². The Bertz CT molecular complexity index is 532. The lowest BCUT2D eigenvalue weighted by Crippen LogP contribution is -2.25. The van der Waals surface area contributed by atoms with Gasteiger partial charge in [-0.05, 0) is 31.0 Å². The zero-order valence-corrected chi connectivity index (χ0v) is 11.1. The van der Waals surface area contributed by atoms with Gasteiger partial charge in [0.15, 0.2) is 11.6 Å². The molecule has 20 heavy (non-hydrogen) atoms. The van der Waals surface area contributed by atoms with E-state index in [4.69, 9.17) is 9.84 Å². The first-order valence-electron chi connectivity index (χ1n) is 6.44. The number of carbonyl (C=O) groups is 2. The Hall–Kier alpha value is -2.11. The topological polar surface area (TPSA) is 75.6 Å². The molecule has 0 bridgehead atoms. The summed E-state index contributed by atoms with van der Waals surface area (Å²) in [5.41, 5.74) is 0.604. The van der Waals surface area contributed by atoms with Crippen molar-refractivity contribution in [1.29, 1.82) is 0 Å². The summed E-state index contributed by atoms with van der Waals surface area (Å²) in [5, 5.41) is 11.3. The second-order valence-corrected chi connectivity index (χ2v) is 4.70. The summed E-state index contributed by atoms with van der Waals surface area (Å²) < 4.78 is 18.7. The predicted molar refractivity (Wildman–Crippen MR) is 68.6 cm³/mol. The van der Waals surface area contributed by atoms with Gasteiger partial charge in [-0.1, -0.05) is 6.07 Å². The molecule has 1 aromatic rings. The summed E-state index contributed by atoms with van der Waals surface area (Å²) in [6.07, 6.45) is 0.374. The van der Waals surface area contributed by atoms with Gasteiger partial charge >= 0.3 is 5.97 Å². The van der Waals surface area contributed by atoms with E-state index in [2.05, 4.69) is 5.32 Å². The molecule has 0 heterocycles. The molecule has 0 saturated heterocycles. The number of halogens is 1. The quantitative estimate of drug-likeness (QED) is 0.829. The Morgan fingerprint density at radius 1 is 1.45 bits per heavy atom. The number of benzene rings is 1. The average molecular weight is 281 g/mol. The number of carboxylic acids is 1. The molecule has 2 N–H and O–H groups in total. The normalized spacial score (nSPS) is 20.3. The van der Waals surface area contributed by atoms with Gasteiger partial charge in [0.2, 0.25) is 5.91 Å². The van der Waals surface area contributed by atoms with E-state index >= 15 is 0 Å². The molecule has 1 amide bonds. The fourth-order valence-electron chi connectivity index (χ4n) is 2.00. The van der Waals surface area contributed by atoms with Gasteiger partial charge in [0.1, 0.15) is 0 Å². The van der Waals surface area contributed by atoms with E-state index < -0.39 is 23.6 Å². The van der Waals surface area contributed by atoms with Crippen LogP contribution in [0.4, 0.5) is 4.39 Å². The Balaban J connectivity index is 1.87. The number of ether oxygens (including phenoxy) is 1. The second-order valence-electron chi connectivity index (χ2n) is 4.70. The molecule has 108 valence electrons. The summed E-state index contributed by atoms with van der Waals surface area (Å²) in [6.45, 7) is 2.32. The Morgan fingerprint density at radius 2 is 2.20 bits per heavy atom. The smallest absolute Gasteiger partial charge is 0.307 e. The fraction of sp³-hybridized carbons (Fsp3) is 0.429. The SMILES string of the molecule is CCOc1ccc(CNC(=O)C2CC2C(=O)O)cc1F. The lowest BCUT2D eigenvalue weighted by molar-refractivity contribution is -0.140. The molecule has 1 aliphatic carbocycles. The second kappa shape index (κ2) is 5.90. The lowest BCUT2D eigenvalue weighted by Gasteiger charge is -2.08. The molecular formula is C14H16FNO4. The summed E-state index contributed by atoms with van der Waals surface area (Å²) in [7, 11) is 0. The zero-order valence-electron chi connectivity index (χ0n) is 11.1. The van der Waals surface area contributed by atoms with Crippen LogP contribution in [0.25, 0.3) is 0 Å². The maximum Gasteiger partial charge on any atom is 0.307 e. The number of rotatable bonds is 6. The summed E-state index contributed by atoms with van der Waals surface area (Å²) in [5.74, 6) is -2.58. The first-order chi connectivity index (χ1) is 9.52. The molecule has 0 aromatic heterocycles. The molecule has 2 atom stereocenters. The van der Waals surface area contributed by atoms with Crippen molar-refractivity contribution in [2.75, 3.05) is 6.61 Å². The molecule has 1 saturated carbocycles. The minimum Gasteiger partial charge on any atom is -0.491 e. The Kier molecular flexibility index (Phi) is 4.22. The van der Waals surface area contributed by atoms with Crippen molar-refractivity contribution >= 4 is 11.9 Å². The van der Waals surface area contributed by atoms with Crippen molar-refractivity contribution in [1.82, 2.24) is 5.32 Å². The number of carbonyl (C=O) groups excluding carboxylic acids is 1. The third kappa shape index (κ3) is 3.26. The van der Waals surface area contributed by atoms with Crippen LogP contribution in [0.15, 0.2) is 18.2 Å². The van der Waals surface area contributed by atoms with Crippen LogP contribution in [0, 0.1) is 17.7 Å². The van der Waals surface area contributed by atoms with Gasteiger partial charge in [-0.2, -0.15) is 0 Å². The zero-order chi connectivity index (χ0) is 14.7. The highest BCUT2D eigenvalue weighted by molar-refractivity contribution is 5.89. The van der Waals surface area contributed by atoms with Crippen molar-refractivity contribution in [2.24, 2.45) is 11.8 Å². The number of hydrogen-bond acceptors (Lipinski definition) is 3. The van der Waals surface area contributed by atoms with Crippen LogP contribution in [-0.4, -0.2) is 23.6 Å². The number of nitrogens with one attached hydrogen (secondary N) is 1. The lowest BCUT2D eigenvalue weighted by atomic mass is 10.2. The van der Waals surface area contributed by atoms with Gasteiger partial charge in [-0.3, -0.25) is 9.59 Å². The summed E-state index contributed by atoms with van der Waals surface area (Å²) >= 11 is 0. The number of aliphatic carboxylic acids is 1. The molecule has 1 aliphatic rings. The van der Waals surface area contributed by atoms with Crippen LogP contribution in [0.2, 0.25) is 0 Å². The highest BCUT2D eigenvalue weighted by Crippen LogP contribution is 2.38. The fourth-order valence-corrected chi connectivity index (χ4v) is 2.00. The van der Waals surface area contributed by atoms with Crippen molar-refractivity contribution in [3.8, 4) is 5.75 Å². The first kappa shape index (κ1) is 14.3. The van der Waals surface area contributed by atoms with E-state index in [1.54, 1.807) is 13.0 Å². The molecular weight excluding hydrogens is 265 g/mol. The predicted octanol–water partition coefficient (Wildman–Crippen LogP) is 1.56. The van der Waals surface area contributed by atoms with Crippen molar-refractivity contribution in [3.63, 3.8) is 0 Å². The Morgan fingerprint density at radius 3 is 2.75 bits per heavy atom. The van der Waals surface area contributed by atoms with Gasteiger partial charge in [-0.15, -0.1) is 0 Å². The van der Waals surface area contributed by atoms with Crippen LogP contribution >= 0.6 is 0 Å². The molecule has 5 nitrogen and oxygen atoms in total. The number of amides is 1. The van der Waals surface area contributed by atoms with E-state index in [-0.39, 0.29) is 18.2 Å². The maximum absolute atomic E-state index is 13.6. The molecule has 0 spiro atoms. The van der Waals surface area contributed by atoms with Gasteiger partial charge in [-0.25, -0.2) is 4.39 Å². The number of hydrogen-bond donors (Lipinski definition) is 2. The largest absolute Gasteiger partial charge is 0.491 e. The molecule has 2 unspecified atom stereocenters. The molecule has 1 aromatic carbocycles. The van der Waals surface area contributed by atoms with Crippen molar-refractivity contribution < 1.29 is 23.8 Å². The van der Waals surface area contributed by atoms with Crippen molar-refractivity contribution in [3.05, 3.63) is 29.6 Å². The molecule has 2 rings (SSSR count). The minimum absolute atomic E-state index is 0.172. The monoisotopic (exact) mass is 281 g/mol. The third-order valence-electron chi connectivity index (χ3n) is 3.21. The first-order valence-corrected chi connectivity index (χ1v) is 6.44. The summed E-state index contributed by atoms with van der Waals surface area (Å²) in [4.78, 5) is 22.3. The van der Waals surface area contributed by atoms with E-state index in [0.717, 1.165) is 0 Å². The summed E-state index contributed by atoms with van der Waals surface area (Å²) in [6, 6.07) is 4.47. The molecule has 1 fully saturated rings. The maximum atomic E-state index is 13.6. The third-order valence-corrected chi connectivity index (χ3v) is 3.21. The van der Waals surface area contributed by atoms with Crippen LogP contribution < -0.4 is 10.1 Å².